The van der Waals surface area contributed by atoms with Gasteiger partial charge in [0.15, 0.2) is 0 Å². The summed E-state index contributed by atoms with van der Waals surface area (Å²) >= 11 is 0. The van der Waals surface area contributed by atoms with Gasteiger partial charge in [0.2, 0.25) is 0 Å². The van der Waals surface area contributed by atoms with Crippen LogP contribution in [-0.2, 0) is 19.1 Å². The molecule has 0 aliphatic carbocycles. The first kappa shape index (κ1) is 16.8. The maximum absolute atomic E-state index is 11.9. The van der Waals surface area contributed by atoms with Crippen LogP contribution < -0.4 is 0 Å². The van der Waals surface area contributed by atoms with E-state index in [-0.39, 0.29) is 42.2 Å². The maximum Gasteiger partial charge on any atom is 0.309 e. The third kappa shape index (κ3) is 5.94. The molecule has 0 heterocycles. The number of hydrogen-bond acceptors (Lipinski definition) is 4. The normalized spacial score (nSPS) is 14.1. The van der Waals surface area contributed by atoms with E-state index in [9.17, 15) is 14.4 Å². The van der Waals surface area contributed by atoms with Gasteiger partial charge in [-0.15, -0.1) is 0 Å². The molecular weight excluding hydrogens is 232 g/mol. The molecule has 0 amide bonds. The Bertz CT molecular complexity index is 307. The zero-order chi connectivity index (χ0) is 14.3. The van der Waals surface area contributed by atoms with Gasteiger partial charge in [0, 0.05) is 24.7 Å². The number of Topliss-reactive ketones (excluding diaryl/α,β-unsaturated/α-hetero) is 2. The van der Waals surface area contributed by atoms with Crippen molar-refractivity contribution < 1.29 is 19.1 Å². The summed E-state index contributed by atoms with van der Waals surface area (Å²) in [6.45, 7) is 9.10. The summed E-state index contributed by atoms with van der Waals surface area (Å²) in [6.07, 6.45) is 0.400. The van der Waals surface area contributed by atoms with Crippen LogP contribution in [0.1, 0.15) is 47.5 Å². The molecule has 0 unspecified atom stereocenters. The smallest absolute Gasteiger partial charge is 0.309 e. The van der Waals surface area contributed by atoms with Gasteiger partial charge in [-0.3, -0.25) is 14.4 Å². The highest BCUT2D eigenvalue weighted by Crippen LogP contribution is 2.15. The first-order valence-electron chi connectivity index (χ1n) is 6.51. The van der Waals surface area contributed by atoms with E-state index in [4.69, 9.17) is 4.74 Å². The second-order valence-corrected chi connectivity index (χ2v) is 5.05. The minimum atomic E-state index is -0.436. The molecule has 0 fully saturated rings. The molecule has 104 valence electrons. The summed E-state index contributed by atoms with van der Waals surface area (Å²) < 4.78 is 4.85. The lowest BCUT2D eigenvalue weighted by molar-refractivity contribution is -0.149. The van der Waals surface area contributed by atoms with Gasteiger partial charge in [-0.2, -0.15) is 0 Å². The van der Waals surface area contributed by atoms with E-state index in [0.717, 1.165) is 0 Å². The van der Waals surface area contributed by atoms with E-state index >= 15 is 0 Å². The van der Waals surface area contributed by atoms with Crippen molar-refractivity contribution in [1.82, 2.24) is 0 Å². The first-order valence-corrected chi connectivity index (χ1v) is 6.51. The van der Waals surface area contributed by atoms with Crippen molar-refractivity contribution in [3.63, 3.8) is 0 Å². The molecule has 0 aliphatic rings. The largest absolute Gasteiger partial charge is 0.466 e. The molecule has 0 saturated carbocycles. The monoisotopic (exact) mass is 256 g/mol. The summed E-state index contributed by atoms with van der Waals surface area (Å²) in [5, 5.41) is 0. The lowest BCUT2D eigenvalue weighted by Gasteiger charge is -2.14. The van der Waals surface area contributed by atoms with Crippen LogP contribution in [0.15, 0.2) is 0 Å². The van der Waals surface area contributed by atoms with E-state index in [1.165, 1.54) is 0 Å². The van der Waals surface area contributed by atoms with E-state index in [0.29, 0.717) is 6.61 Å². The summed E-state index contributed by atoms with van der Waals surface area (Å²) in [4.78, 5) is 34.8. The fourth-order valence-electron chi connectivity index (χ4n) is 1.52. The summed E-state index contributed by atoms with van der Waals surface area (Å²) in [5.41, 5.74) is 0. The van der Waals surface area contributed by atoms with E-state index < -0.39 is 5.92 Å². The molecule has 0 aliphatic heterocycles. The summed E-state index contributed by atoms with van der Waals surface area (Å²) in [6, 6.07) is 0. The molecule has 0 bridgehead atoms. The second kappa shape index (κ2) is 8.01. The molecule has 0 N–H and O–H groups in total. The van der Waals surface area contributed by atoms with Gasteiger partial charge in [-0.1, -0.05) is 27.7 Å². The zero-order valence-corrected chi connectivity index (χ0v) is 12.0. The summed E-state index contributed by atoms with van der Waals surface area (Å²) in [7, 11) is 0. The third-order valence-corrected chi connectivity index (χ3v) is 2.90. The second-order valence-electron chi connectivity index (χ2n) is 5.05. The Balaban J connectivity index is 4.23. The number of carbonyl (C=O) groups excluding carboxylic acids is 3. The molecule has 0 spiro atoms. The highest BCUT2D eigenvalue weighted by Gasteiger charge is 2.23. The lowest BCUT2D eigenvalue weighted by atomic mass is 9.90. The van der Waals surface area contributed by atoms with Crippen LogP contribution in [0, 0.1) is 17.8 Å². The van der Waals surface area contributed by atoms with Gasteiger partial charge in [0.25, 0.3) is 0 Å². The lowest BCUT2D eigenvalue weighted by Crippen LogP contribution is -2.23. The Labute approximate surface area is 109 Å². The topological polar surface area (TPSA) is 60.4 Å². The van der Waals surface area contributed by atoms with E-state index in [2.05, 4.69) is 0 Å². The Morgan fingerprint density at radius 1 is 0.889 bits per heavy atom. The predicted molar refractivity (Wildman–Crippen MR) is 69.0 cm³/mol. The molecule has 0 radical (unpaired) electrons. The van der Waals surface area contributed by atoms with E-state index in [1.54, 1.807) is 20.8 Å². The van der Waals surface area contributed by atoms with Crippen LogP contribution in [0.2, 0.25) is 0 Å². The number of esters is 1. The van der Waals surface area contributed by atoms with Crippen molar-refractivity contribution in [2.24, 2.45) is 17.8 Å². The minimum Gasteiger partial charge on any atom is -0.466 e. The molecule has 0 aromatic heterocycles. The number of ketones is 2. The highest BCUT2D eigenvalue weighted by atomic mass is 16.5. The molecule has 4 nitrogen and oxygen atoms in total. The number of carbonyl (C=O) groups is 3. The molecular formula is C14H24O4. The predicted octanol–water partition coefficient (Wildman–Crippen LogP) is 2.40. The van der Waals surface area contributed by atoms with Gasteiger partial charge in [-0.05, 0) is 6.92 Å². The molecule has 0 aromatic carbocycles. The van der Waals surface area contributed by atoms with Crippen LogP contribution in [0.3, 0.4) is 0 Å². The van der Waals surface area contributed by atoms with Crippen LogP contribution in [0.4, 0.5) is 0 Å². The first-order chi connectivity index (χ1) is 8.29. The van der Waals surface area contributed by atoms with Crippen LogP contribution in [0.5, 0.6) is 0 Å². The zero-order valence-electron chi connectivity index (χ0n) is 12.0. The Hall–Kier alpha value is -1.19. The van der Waals surface area contributed by atoms with Gasteiger partial charge in [0.1, 0.15) is 11.6 Å². The molecule has 0 saturated heterocycles. The molecule has 2 atom stereocenters. The van der Waals surface area contributed by atoms with Crippen LogP contribution in [0.25, 0.3) is 0 Å². The average molecular weight is 256 g/mol. The Morgan fingerprint density at radius 3 is 1.83 bits per heavy atom. The van der Waals surface area contributed by atoms with Crippen molar-refractivity contribution in [1.29, 1.82) is 0 Å². The Kier molecular flexibility index (Phi) is 7.48. The quantitative estimate of drug-likeness (QED) is 0.626. The van der Waals surface area contributed by atoms with Crippen molar-refractivity contribution >= 4 is 17.5 Å². The number of hydrogen-bond donors (Lipinski definition) is 0. The van der Waals surface area contributed by atoms with Gasteiger partial charge in [-0.25, -0.2) is 0 Å². The SMILES string of the molecule is CCOC(=O)[C@@H](C)CC(=O)[C@H](C)CC(=O)C(C)C. The van der Waals surface area contributed by atoms with Crippen molar-refractivity contribution in [3.8, 4) is 0 Å². The van der Waals surface area contributed by atoms with Crippen LogP contribution >= 0.6 is 0 Å². The fourth-order valence-corrected chi connectivity index (χ4v) is 1.52. The van der Waals surface area contributed by atoms with Crippen molar-refractivity contribution in [2.75, 3.05) is 6.61 Å². The van der Waals surface area contributed by atoms with Crippen molar-refractivity contribution in [2.45, 2.75) is 47.5 Å². The van der Waals surface area contributed by atoms with Crippen LogP contribution in [-0.4, -0.2) is 24.1 Å². The summed E-state index contributed by atoms with van der Waals surface area (Å²) in [5.74, 6) is -1.13. The van der Waals surface area contributed by atoms with Gasteiger partial charge in [0.05, 0.1) is 12.5 Å². The number of ether oxygens (including phenoxy) is 1. The van der Waals surface area contributed by atoms with Gasteiger partial charge >= 0.3 is 5.97 Å². The average Bonchev–Trinajstić information content (AvgIpc) is 2.28. The standard InChI is InChI=1S/C14H24O4/c1-6-18-14(17)11(5)8-13(16)10(4)7-12(15)9(2)3/h9-11H,6-8H2,1-5H3/t10-,11+/m1/s1. The molecule has 4 heteroatoms. The third-order valence-electron chi connectivity index (χ3n) is 2.90. The molecule has 18 heavy (non-hydrogen) atoms. The van der Waals surface area contributed by atoms with Crippen molar-refractivity contribution in [3.05, 3.63) is 0 Å². The fraction of sp³-hybridized carbons (Fsp3) is 0.786. The van der Waals surface area contributed by atoms with Gasteiger partial charge < -0.3 is 4.74 Å². The highest BCUT2D eigenvalue weighted by molar-refractivity contribution is 5.90. The molecule has 0 aromatic rings. The van der Waals surface area contributed by atoms with E-state index in [1.807, 2.05) is 13.8 Å². The number of rotatable bonds is 8. The maximum atomic E-state index is 11.9. The molecule has 0 rings (SSSR count). The Morgan fingerprint density at radius 2 is 1.39 bits per heavy atom. The minimum absolute atomic E-state index is 0.0513.